The van der Waals surface area contributed by atoms with E-state index in [2.05, 4.69) is 27.4 Å². The molecule has 0 atom stereocenters. The largest absolute Gasteiger partial charge is 0.373 e. The average Bonchev–Trinajstić information content (AvgIpc) is 2.68. The van der Waals surface area contributed by atoms with Crippen LogP contribution in [0.1, 0.15) is 11.3 Å². The van der Waals surface area contributed by atoms with Gasteiger partial charge in [0.25, 0.3) is 0 Å². The third kappa shape index (κ3) is 5.55. The van der Waals surface area contributed by atoms with Gasteiger partial charge < -0.3 is 5.32 Å². The average molecular weight is 422 g/mol. The number of rotatable bonds is 7. The van der Waals surface area contributed by atoms with Crippen LogP contribution in [0.2, 0.25) is 10.0 Å². The molecular formula is C19H17Cl2N3S2. The summed E-state index contributed by atoms with van der Waals surface area (Å²) in [6.07, 6.45) is 0. The molecular weight excluding hydrogens is 405 g/mol. The number of aromatic nitrogens is 2. The first-order valence-corrected chi connectivity index (χ1v) is 10.7. The van der Waals surface area contributed by atoms with Crippen LogP contribution in [0.5, 0.6) is 0 Å². The number of hydrogen-bond donors (Lipinski definition) is 1. The van der Waals surface area contributed by atoms with E-state index in [9.17, 15) is 0 Å². The second-order valence-electron chi connectivity index (χ2n) is 5.42. The molecule has 3 nitrogen and oxygen atoms in total. The maximum atomic E-state index is 6.08. The summed E-state index contributed by atoms with van der Waals surface area (Å²) in [6, 6.07) is 18.0. The summed E-state index contributed by atoms with van der Waals surface area (Å²) in [5.41, 5.74) is 2.08. The van der Waals surface area contributed by atoms with Crippen LogP contribution < -0.4 is 5.32 Å². The minimum atomic E-state index is 0.564. The molecule has 134 valence electrons. The van der Waals surface area contributed by atoms with Crippen molar-refractivity contribution in [1.29, 1.82) is 0 Å². The predicted molar refractivity (Wildman–Crippen MR) is 114 cm³/mol. The third-order valence-corrected chi connectivity index (χ3v) is 6.20. The van der Waals surface area contributed by atoms with Gasteiger partial charge in [0.15, 0.2) is 5.16 Å². The smallest absolute Gasteiger partial charge is 0.190 e. The normalized spacial score (nSPS) is 10.7. The topological polar surface area (TPSA) is 37.8 Å². The summed E-state index contributed by atoms with van der Waals surface area (Å²) >= 11 is 15.4. The van der Waals surface area contributed by atoms with Gasteiger partial charge in [0.1, 0.15) is 5.82 Å². The minimum Gasteiger partial charge on any atom is -0.373 e. The first-order valence-electron chi connectivity index (χ1n) is 7.94. The van der Waals surface area contributed by atoms with E-state index in [1.165, 1.54) is 4.90 Å². The van der Waals surface area contributed by atoms with Gasteiger partial charge in [0.05, 0.1) is 15.7 Å². The van der Waals surface area contributed by atoms with Crippen molar-refractivity contribution in [3.8, 4) is 0 Å². The SMILES string of the molecule is CNc1cc(CSc2ccccc2)nc(SCc2ccc(Cl)c(Cl)c2)n1. The Labute approximate surface area is 171 Å². The number of benzene rings is 2. The summed E-state index contributed by atoms with van der Waals surface area (Å²) in [6.45, 7) is 0. The van der Waals surface area contributed by atoms with Gasteiger partial charge in [0.2, 0.25) is 0 Å². The van der Waals surface area contributed by atoms with Crippen LogP contribution in [0.25, 0.3) is 0 Å². The Bertz CT molecular complexity index is 876. The molecule has 0 unspecified atom stereocenters. The van der Waals surface area contributed by atoms with Crippen molar-refractivity contribution in [3.63, 3.8) is 0 Å². The second kappa shape index (κ2) is 9.51. The lowest BCUT2D eigenvalue weighted by molar-refractivity contribution is 0.928. The molecule has 3 rings (SSSR count). The van der Waals surface area contributed by atoms with E-state index in [4.69, 9.17) is 23.2 Å². The number of nitrogens with one attached hydrogen (secondary N) is 1. The molecule has 0 aliphatic heterocycles. The number of thioether (sulfide) groups is 2. The van der Waals surface area contributed by atoms with E-state index in [1.54, 1.807) is 23.5 Å². The highest BCUT2D eigenvalue weighted by Crippen LogP contribution is 2.28. The Morgan fingerprint density at radius 3 is 2.42 bits per heavy atom. The van der Waals surface area contributed by atoms with Gasteiger partial charge in [-0.05, 0) is 29.8 Å². The van der Waals surface area contributed by atoms with E-state index in [0.717, 1.165) is 33.7 Å². The molecule has 0 radical (unpaired) electrons. The molecule has 0 fully saturated rings. The van der Waals surface area contributed by atoms with E-state index in [1.807, 2.05) is 49.5 Å². The van der Waals surface area contributed by atoms with Crippen LogP contribution >= 0.6 is 46.7 Å². The summed E-state index contributed by atoms with van der Waals surface area (Å²) in [5, 5.41) is 4.98. The molecule has 3 aromatic rings. The molecule has 1 N–H and O–H groups in total. The molecule has 2 aromatic carbocycles. The zero-order valence-electron chi connectivity index (χ0n) is 14.1. The lowest BCUT2D eigenvalue weighted by atomic mass is 10.2. The van der Waals surface area contributed by atoms with Crippen LogP contribution in [0.15, 0.2) is 64.6 Å². The van der Waals surface area contributed by atoms with Gasteiger partial charge in [-0.25, -0.2) is 9.97 Å². The van der Waals surface area contributed by atoms with Gasteiger partial charge in [-0.2, -0.15) is 0 Å². The Balaban J connectivity index is 1.69. The molecule has 26 heavy (non-hydrogen) atoms. The van der Waals surface area contributed by atoms with Gasteiger partial charge in [-0.1, -0.05) is 59.2 Å². The van der Waals surface area contributed by atoms with Crippen molar-refractivity contribution in [2.45, 2.75) is 21.6 Å². The van der Waals surface area contributed by atoms with Gasteiger partial charge in [-0.3, -0.25) is 0 Å². The second-order valence-corrected chi connectivity index (χ2v) is 8.22. The standard InChI is InChI=1S/C19H17Cl2N3S2/c1-22-18-10-14(12-25-15-5-3-2-4-6-15)23-19(24-18)26-11-13-7-8-16(20)17(21)9-13/h2-10H,11-12H2,1H3,(H,22,23,24). The molecule has 0 bridgehead atoms. The van der Waals surface area contributed by atoms with Gasteiger partial charge in [-0.15, -0.1) is 11.8 Å². The van der Waals surface area contributed by atoms with Crippen LogP contribution in [0, 0.1) is 0 Å². The highest BCUT2D eigenvalue weighted by atomic mass is 35.5. The van der Waals surface area contributed by atoms with E-state index in [0.29, 0.717) is 10.0 Å². The van der Waals surface area contributed by atoms with E-state index >= 15 is 0 Å². The molecule has 7 heteroatoms. The fourth-order valence-corrected chi connectivity index (χ4v) is 4.14. The molecule has 0 aliphatic rings. The predicted octanol–water partition coefficient (Wildman–Crippen LogP) is 6.41. The molecule has 0 saturated heterocycles. The molecule has 0 saturated carbocycles. The maximum absolute atomic E-state index is 6.08. The van der Waals surface area contributed by atoms with Crippen molar-refractivity contribution in [2.75, 3.05) is 12.4 Å². The molecule has 1 heterocycles. The lowest BCUT2D eigenvalue weighted by Gasteiger charge is -2.08. The first kappa shape index (κ1) is 19.4. The molecule has 1 aromatic heterocycles. The van der Waals surface area contributed by atoms with Gasteiger partial charge >= 0.3 is 0 Å². The Kier molecular flexibility index (Phi) is 7.08. The zero-order valence-corrected chi connectivity index (χ0v) is 17.2. The Morgan fingerprint density at radius 1 is 0.885 bits per heavy atom. The fraction of sp³-hybridized carbons (Fsp3) is 0.158. The highest BCUT2D eigenvalue weighted by molar-refractivity contribution is 7.98. The number of hydrogen-bond acceptors (Lipinski definition) is 5. The molecule has 0 aliphatic carbocycles. The fourth-order valence-electron chi connectivity index (χ4n) is 2.19. The van der Waals surface area contributed by atoms with Crippen LogP contribution in [-0.2, 0) is 11.5 Å². The first-order chi connectivity index (χ1) is 12.6. The monoisotopic (exact) mass is 421 g/mol. The molecule has 0 amide bonds. The summed E-state index contributed by atoms with van der Waals surface area (Å²) in [5.74, 6) is 2.34. The minimum absolute atomic E-state index is 0.564. The van der Waals surface area contributed by atoms with Crippen molar-refractivity contribution < 1.29 is 0 Å². The summed E-state index contributed by atoms with van der Waals surface area (Å²) < 4.78 is 0. The number of anilines is 1. The van der Waals surface area contributed by atoms with Gasteiger partial charge in [0, 0.05) is 29.5 Å². The van der Waals surface area contributed by atoms with E-state index in [-0.39, 0.29) is 0 Å². The van der Waals surface area contributed by atoms with E-state index < -0.39 is 0 Å². The van der Waals surface area contributed by atoms with Crippen LogP contribution in [-0.4, -0.2) is 17.0 Å². The van der Waals surface area contributed by atoms with Crippen molar-refractivity contribution in [3.05, 3.63) is 75.9 Å². The number of nitrogens with zero attached hydrogens (tertiary/aromatic N) is 2. The van der Waals surface area contributed by atoms with Crippen molar-refractivity contribution >= 4 is 52.5 Å². The lowest BCUT2D eigenvalue weighted by Crippen LogP contribution is -1.99. The molecule has 0 spiro atoms. The summed E-state index contributed by atoms with van der Waals surface area (Å²) in [7, 11) is 1.86. The quantitative estimate of drug-likeness (QED) is 0.352. The van der Waals surface area contributed by atoms with Crippen LogP contribution in [0.3, 0.4) is 0 Å². The Hall–Kier alpha value is -1.40. The third-order valence-electron chi connectivity index (χ3n) is 3.50. The maximum Gasteiger partial charge on any atom is 0.190 e. The van der Waals surface area contributed by atoms with Crippen molar-refractivity contribution in [1.82, 2.24) is 9.97 Å². The zero-order chi connectivity index (χ0) is 18.4. The summed E-state index contributed by atoms with van der Waals surface area (Å²) in [4.78, 5) is 10.4. The van der Waals surface area contributed by atoms with Crippen LogP contribution in [0.4, 0.5) is 5.82 Å². The van der Waals surface area contributed by atoms with Crippen molar-refractivity contribution in [2.24, 2.45) is 0 Å². The number of halogens is 2. The highest BCUT2D eigenvalue weighted by Gasteiger charge is 2.07. The Morgan fingerprint density at radius 2 is 1.69 bits per heavy atom.